The molecule has 0 saturated carbocycles. The van der Waals surface area contributed by atoms with E-state index in [-0.39, 0.29) is 11.9 Å². The highest BCUT2D eigenvalue weighted by atomic mass is 16.2. The number of hydrogen-bond donors (Lipinski definition) is 1. The van der Waals surface area contributed by atoms with Crippen LogP contribution in [0.5, 0.6) is 0 Å². The summed E-state index contributed by atoms with van der Waals surface area (Å²) in [4.78, 5) is 31.1. The number of carbonyl (C=O) groups is 2. The Labute approximate surface area is 165 Å². The first kappa shape index (κ1) is 18.5. The number of amides is 3. The molecule has 1 atom stereocenters. The van der Waals surface area contributed by atoms with Crippen molar-refractivity contribution in [1.82, 2.24) is 20.0 Å². The van der Waals surface area contributed by atoms with Gasteiger partial charge in [0.2, 0.25) is 5.91 Å². The highest BCUT2D eigenvalue weighted by Crippen LogP contribution is 2.14. The van der Waals surface area contributed by atoms with Gasteiger partial charge in [-0.2, -0.15) is 0 Å². The Kier molecular flexibility index (Phi) is 5.58. The van der Waals surface area contributed by atoms with E-state index in [0.717, 1.165) is 25.2 Å². The lowest BCUT2D eigenvalue weighted by molar-refractivity contribution is -0.134. The van der Waals surface area contributed by atoms with Crippen molar-refractivity contribution < 1.29 is 9.59 Å². The zero-order valence-electron chi connectivity index (χ0n) is 16.0. The third-order valence-corrected chi connectivity index (χ3v) is 5.44. The molecule has 2 heterocycles. The molecule has 0 aliphatic carbocycles. The van der Waals surface area contributed by atoms with Crippen LogP contribution in [0.1, 0.15) is 11.1 Å². The highest BCUT2D eigenvalue weighted by molar-refractivity contribution is 5.90. The third kappa shape index (κ3) is 4.34. The highest BCUT2D eigenvalue weighted by Gasteiger charge is 2.36. The number of benzene rings is 2. The molecule has 3 amide bonds. The van der Waals surface area contributed by atoms with E-state index in [0.29, 0.717) is 26.2 Å². The third-order valence-electron chi connectivity index (χ3n) is 5.44. The van der Waals surface area contributed by atoms with Crippen LogP contribution < -0.4 is 5.32 Å². The summed E-state index contributed by atoms with van der Waals surface area (Å²) in [5, 5.41) is 2.85. The predicted octanol–water partition coefficient (Wildman–Crippen LogP) is 1.92. The van der Waals surface area contributed by atoms with Crippen molar-refractivity contribution in [2.24, 2.45) is 0 Å². The number of piperazine rings is 1. The Morgan fingerprint density at radius 3 is 2.04 bits per heavy atom. The molecule has 2 aliphatic heterocycles. The lowest BCUT2D eigenvalue weighted by Gasteiger charge is -2.35. The molecule has 1 N–H and O–H groups in total. The van der Waals surface area contributed by atoms with Gasteiger partial charge in [-0.1, -0.05) is 60.7 Å². The maximum absolute atomic E-state index is 12.9. The molecule has 6 heteroatoms. The molecule has 2 aromatic carbocycles. The average molecular weight is 378 g/mol. The normalized spacial score (nSPS) is 20.3. The van der Waals surface area contributed by atoms with Gasteiger partial charge in [0.15, 0.2) is 0 Å². The fourth-order valence-electron chi connectivity index (χ4n) is 3.86. The Balaban J connectivity index is 1.28. The van der Waals surface area contributed by atoms with Gasteiger partial charge in [-0.15, -0.1) is 0 Å². The molecule has 0 aromatic heterocycles. The van der Waals surface area contributed by atoms with Crippen LogP contribution in [0, 0.1) is 0 Å². The molecule has 2 aliphatic rings. The molecule has 2 saturated heterocycles. The van der Waals surface area contributed by atoms with Crippen LogP contribution in [0.3, 0.4) is 0 Å². The number of hydrogen-bond acceptors (Lipinski definition) is 3. The Morgan fingerprint density at radius 1 is 0.857 bits per heavy atom. The van der Waals surface area contributed by atoms with Gasteiger partial charge in [-0.25, -0.2) is 4.79 Å². The minimum absolute atomic E-state index is 0.0308. The van der Waals surface area contributed by atoms with Gasteiger partial charge >= 0.3 is 6.03 Å². The second-order valence-electron chi connectivity index (χ2n) is 7.46. The smallest absolute Gasteiger partial charge is 0.318 e. The van der Waals surface area contributed by atoms with Crippen molar-refractivity contribution in [2.45, 2.75) is 19.1 Å². The number of nitrogens with zero attached hydrogens (tertiary/aromatic N) is 3. The minimum atomic E-state index is -0.447. The zero-order valence-corrected chi connectivity index (χ0v) is 16.0. The summed E-state index contributed by atoms with van der Waals surface area (Å²) in [6.45, 7) is 4.99. The van der Waals surface area contributed by atoms with Crippen LogP contribution in [-0.2, 0) is 17.9 Å². The number of carbonyl (C=O) groups excluding carboxylic acids is 2. The topological polar surface area (TPSA) is 55.9 Å². The summed E-state index contributed by atoms with van der Waals surface area (Å²) in [5.41, 5.74) is 2.36. The lowest BCUT2D eigenvalue weighted by atomic mass is 10.2. The van der Waals surface area contributed by atoms with Crippen molar-refractivity contribution in [3.63, 3.8) is 0 Å². The SMILES string of the molecule is O=C1NC(C(=O)N2CCN(Cc3ccccc3)CC2)CN1Cc1ccccc1. The number of nitrogens with one attached hydrogen (secondary N) is 1. The molecule has 2 fully saturated rings. The Hall–Kier alpha value is -2.86. The van der Waals surface area contributed by atoms with Crippen molar-refractivity contribution >= 4 is 11.9 Å². The first-order valence-electron chi connectivity index (χ1n) is 9.83. The molecule has 0 bridgehead atoms. The van der Waals surface area contributed by atoms with Gasteiger partial charge in [0.25, 0.3) is 0 Å². The molecule has 0 spiro atoms. The maximum Gasteiger partial charge on any atom is 0.318 e. The molecule has 28 heavy (non-hydrogen) atoms. The summed E-state index contributed by atoms with van der Waals surface area (Å²) in [6, 6.07) is 19.7. The van der Waals surface area contributed by atoms with Crippen molar-refractivity contribution in [3.8, 4) is 0 Å². The standard InChI is InChI=1S/C22H26N4O2/c27-21(20-17-26(22(28)23-20)16-19-9-5-2-6-10-19)25-13-11-24(12-14-25)15-18-7-3-1-4-8-18/h1-10,20H,11-17H2,(H,23,28). The first-order chi connectivity index (χ1) is 13.7. The van der Waals surface area contributed by atoms with Crippen molar-refractivity contribution in [2.75, 3.05) is 32.7 Å². The maximum atomic E-state index is 12.9. The summed E-state index contributed by atoms with van der Waals surface area (Å²) < 4.78 is 0. The van der Waals surface area contributed by atoms with Gasteiger partial charge in [0.05, 0.1) is 6.54 Å². The Morgan fingerprint density at radius 2 is 1.43 bits per heavy atom. The second kappa shape index (κ2) is 8.44. The fourth-order valence-corrected chi connectivity index (χ4v) is 3.86. The van der Waals surface area contributed by atoms with Gasteiger partial charge in [0, 0.05) is 39.3 Å². The molecule has 4 rings (SSSR count). The van der Waals surface area contributed by atoms with E-state index in [9.17, 15) is 9.59 Å². The van der Waals surface area contributed by atoms with E-state index >= 15 is 0 Å². The van der Waals surface area contributed by atoms with E-state index in [4.69, 9.17) is 0 Å². The molecule has 2 aromatic rings. The monoisotopic (exact) mass is 378 g/mol. The van der Waals surface area contributed by atoms with E-state index in [1.54, 1.807) is 4.90 Å². The largest absolute Gasteiger partial charge is 0.338 e. The van der Waals surface area contributed by atoms with Crippen molar-refractivity contribution in [3.05, 3.63) is 71.8 Å². The quantitative estimate of drug-likeness (QED) is 0.865. The molecule has 146 valence electrons. The van der Waals surface area contributed by atoms with Gasteiger partial charge in [-0.3, -0.25) is 9.69 Å². The summed E-state index contributed by atoms with van der Waals surface area (Å²) in [5.74, 6) is 0.0308. The van der Waals surface area contributed by atoms with E-state index in [1.165, 1.54) is 5.56 Å². The second-order valence-corrected chi connectivity index (χ2v) is 7.46. The summed E-state index contributed by atoms with van der Waals surface area (Å²) in [7, 11) is 0. The average Bonchev–Trinajstić information content (AvgIpc) is 3.10. The lowest BCUT2D eigenvalue weighted by Crippen LogP contribution is -2.53. The van der Waals surface area contributed by atoms with Gasteiger partial charge < -0.3 is 15.1 Å². The Bertz CT molecular complexity index is 804. The van der Waals surface area contributed by atoms with Gasteiger partial charge in [-0.05, 0) is 11.1 Å². The molecule has 1 unspecified atom stereocenters. The number of urea groups is 1. The van der Waals surface area contributed by atoms with E-state index in [1.807, 2.05) is 41.3 Å². The molecular weight excluding hydrogens is 352 g/mol. The van der Waals surface area contributed by atoms with Crippen molar-refractivity contribution in [1.29, 1.82) is 0 Å². The summed E-state index contributed by atoms with van der Waals surface area (Å²) in [6.07, 6.45) is 0. The van der Waals surface area contributed by atoms with Crippen LogP contribution >= 0.6 is 0 Å². The zero-order chi connectivity index (χ0) is 19.3. The van der Waals surface area contributed by atoms with E-state index < -0.39 is 6.04 Å². The number of rotatable bonds is 5. The first-order valence-corrected chi connectivity index (χ1v) is 9.83. The molecule has 0 radical (unpaired) electrons. The predicted molar refractivity (Wildman–Crippen MR) is 107 cm³/mol. The van der Waals surface area contributed by atoms with Crippen LogP contribution in [0.2, 0.25) is 0 Å². The van der Waals surface area contributed by atoms with Crippen LogP contribution in [0.15, 0.2) is 60.7 Å². The minimum Gasteiger partial charge on any atom is -0.338 e. The van der Waals surface area contributed by atoms with Gasteiger partial charge in [0.1, 0.15) is 6.04 Å². The summed E-state index contributed by atoms with van der Waals surface area (Å²) >= 11 is 0. The molecular formula is C22H26N4O2. The van der Waals surface area contributed by atoms with E-state index in [2.05, 4.69) is 34.5 Å². The molecule has 6 nitrogen and oxygen atoms in total. The van der Waals surface area contributed by atoms with Crippen LogP contribution in [0.4, 0.5) is 4.79 Å². The fraction of sp³-hybridized carbons (Fsp3) is 0.364. The van der Waals surface area contributed by atoms with Crippen LogP contribution in [-0.4, -0.2) is 65.4 Å². The van der Waals surface area contributed by atoms with Crippen LogP contribution in [0.25, 0.3) is 0 Å².